The number of likely N-dealkylation sites (tertiary alicyclic amines) is 1. The summed E-state index contributed by atoms with van der Waals surface area (Å²) in [5.41, 5.74) is 0.400. The number of carbonyl (C=O) groups is 3. The van der Waals surface area contributed by atoms with Crippen LogP contribution in [0.1, 0.15) is 42.7 Å². The van der Waals surface area contributed by atoms with E-state index in [0.717, 1.165) is 22.2 Å². The number of rotatable bonds is 5. The average molecular weight is 598 g/mol. The van der Waals surface area contributed by atoms with Crippen molar-refractivity contribution in [3.05, 3.63) is 63.8 Å². The maximum Gasteiger partial charge on any atom is 0.270 e. The van der Waals surface area contributed by atoms with Crippen molar-refractivity contribution in [2.45, 2.75) is 44.2 Å². The van der Waals surface area contributed by atoms with Gasteiger partial charge in [0.25, 0.3) is 5.91 Å². The lowest BCUT2D eigenvalue weighted by Crippen LogP contribution is -2.52. The number of nitrogens with one attached hydrogen (secondary N) is 2. The third-order valence-electron chi connectivity index (χ3n) is 7.62. The summed E-state index contributed by atoms with van der Waals surface area (Å²) < 4.78 is 28.7. The number of nitriles is 1. The van der Waals surface area contributed by atoms with Crippen molar-refractivity contribution < 1.29 is 23.2 Å². The third kappa shape index (κ3) is 4.46. The second kappa shape index (κ2) is 9.75. The van der Waals surface area contributed by atoms with Crippen LogP contribution in [-0.2, 0) is 15.0 Å². The van der Waals surface area contributed by atoms with Gasteiger partial charge in [0, 0.05) is 41.6 Å². The topological polar surface area (TPSA) is 109 Å². The Bertz CT molecular complexity index is 1560. The summed E-state index contributed by atoms with van der Waals surface area (Å²) in [6.45, 7) is 3.81. The second-order valence-corrected chi connectivity index (χ2v) is 11.6. The number of aromatic amines is 1. The number of halogens is 3. The molecule has 2 N–H and O–H groups in total. The van der Waals surface area contributed by atoms with Gasteiger partial charge < -0.3 is 20.1 Å². The molecule has 3 atom stereocenters. The fraction of sp³-hybridized carbons (Fsp3) is 0.357. The van der Waals surface area contributed by atoms with Crippen molar-refractivity contribution in [2.24, 2.45) is 5.92 Å². The van der Waals surface area contributed by atoms with Gasteiger partial charge in [-0.2, -0.15) is 5.26 Å². The number of anilines is 1. The standard InChI is InChI=1S/C28H26BrF2N5O3/c1-14(2)6-24(35(3)25(37)23-10-18-20(31)8-16(30)9-22(18)33-23)26(38)36-13-28(11-17(36)12-32)19-7-15(29)4-5-21(19)34-27(28)39/h4-5,7-10,14,17,24,33H,6,11,13H2,1-3H3,(H,34,39)/t17?,24-,28-/m0/s1. The van der Waals surface area contributed by atoms with E-state index in [-0.39, 0.29) is 41.4 Å². The molecule has 2 aromatic carbocycles. The van der Waals surface area contributed by atoms with Crippen molar-refractivity contribution in [1.82, 2.24) is 14.8 Å². The molecular formula is C28H26BrF2N5O3. The van der Waals surface area contributed by atoms with Crippen LogP contribution >= 0.6 is 15.9 Å². The Morgan fingerprint density at radius 1 is 1.26 bits per heavy atom. The van der Waals surface area contributed by atoms with Crippen LogP contribution in [0, 0.1) is 28.9 Å². The number of H-pyrrole nitrogens is 1. The van der Waals surface area contributed by atoms with Crippen molar-refractivity contribution in [3.8, 4) is 6.07 Å². The van der Waals surface area contributed by atoms with Crippen LogP contribution in [0.15, 0.2) is 40.9 Å². The Morgan fingerprint density at radius 3 is 2.69 bits per heavy atom. The number of aromatic nitrogens is 1. The molecule has 2 aliphatic rings. The molecular weight excluding hydrogens is 572 g/mol. The molecule has 0 radical (unpaired) electrons. The van der Waals surface area contributed by atoms with Gasteiger partial charge in [-0.1, -0.05) is 29.8 Å². The molecule has 0 saturated carbocycles. The molecule has 3 aromatic rings. The van der Waals surface area contributed by atoms with Crippen molar-refractivity contribution in [1.29, 1.82) is 5.26 Å². The third-order valence-corrected chi connectivity index (χ3v) is 8.11. The van der Waals surface area contributed by atoms with Crippen LogP contribution in [0.3, 0.4) is 0 Å². The Labute approximate surface area is 232 Å². The highest BCUT2D eigenvalue weighted by molar-refractivity contribution is 9.10. The Balaban J connectivity index is 1.47. The maximum absolute atomic E-state index is 14.3. The van der Waals surface area contributed by atoms with Gasteiger partial charge in [0.15, 0.2) is 0 Å². The van der Waals surface area contributed by atoms with Crippen LogP contribution in [-0.4, -0.2) is 58.2 Å². The minimum Gasteiger partial charge on any atom is -0.350 e. The van der Waals surface area contributed by atoms with Crippen LogP contribution in [0.25, 0.3) is 10.9 Å². The van der Waals surface area contributed by atoms with E-state index in [1.807, 2.05) is 19.9 Å². The van der Waals surface area contributed by atoms with E-state index in [2.05, 4.69) is 32.3 Å². The van der Waals surface area contributed by atoms with Gasteiger partial charge in [-0.15, -0.1) is 0 Å². The number of benzene rings is 2. The first-order valence-electron chi connectivity index (χ1n) is 12.5. The summed E-state index contributed by atoms with van der Waals surface area (Å²) in [4.78, 5) is 46.1. The van der Waals surface area contributed by atoms with Crippen molar-refractivity contribution >= 4 is 50.2 Å². The van der Waals surface area contributed by atoms with E-state index in [9.17, 15) is 28.4 Å². The lowest BCUT2D eigenvalue weighted by molar-refractivity contribution is -0.136. The van der Waals surface area contributed by atoms with Crippen molar-refractivity contribution in [3.63, 3.8) is 0 Å². The first kappa shape index (κ1) is 26.8. The molecule has 1 fully saturated rings. The number of hydrogen-bond acceptors (Lipinski definition) is 4. The molecule has 3 amide bonds. The van der Waals surface area contributed by atoms with E-state index in [0.29, 0.717) is 12.1 Å². The molecule has 1 saturated heterocycles. The average Bonchev–Trinajstić information content (AvgIpc) is 3.56. The largest absolute Gasteiger partial charge is 0.350 e. The smallest absolute Gasteiger partial charge is 0.270 e. The minimum absolute atomic E-state index is 0.00206. The van der Waals surface area contributed by atoms with Crippen LogP contribution in [0.5, 0.6) is 0 Å². The highest BCUT2D eigenvalue weighted by Crippen LogP contribution is 2.47. The van der Waals surface area contributed by atoms with Crippen LogP contribution in [0.4, 0.5) is 14.5 Å². The second-order valence-electron chi connectivity index (χ2n) is 10.6. The fourth-order valence-corrected chi connectivity index (χ4v) is 6.03. The predicted octanol–water partition coefficient (Wildman–Crippen LogP) is 4.71. The number of nitrogens with zero attached hydrogens (tertiary/aromatic N) is 3. The Hall–Kier alpha value is -3.78. The Morgan fingerprint density at radius 2 is 2.00 bits per heavy atom. The quantitative estimate of drug-likeness (QED) is 0.444. The normalized spacial score (nSPS) is 20.8. The molecule has 1 spiro atoms. The zero-order valence-electron chi connectivity index (χ0n) is 21.5. The zero-order chi connectivity index (χ0) is 28.2. The number of fused-ring (bicyclic) bond motifs is 3. The molecule has 1 aromatic heterocycles. The van der Waals surface area contributed by atoms with E-state index in [1.165, 1.54) is 22.9 Å². The lowest BCUT2D eigenvalue weighted by atomic mass is 9.80. The van der Waals surface area contributed by atoms with E-state index >= 15 is 0 Å². The van der Waals surface area contributed by atoms with Gasteiger partial charge in [0.1, 0.15) is 29.4 Å². The summed E-state index contributed by atoms with van der Waals surface area (Å²) in [5, 5.41) is 12.9. The highest BCUT2D eigenvalue weighted by Gasteiger charge is 2.56. The van der Waals surface area contributed by atoms with Gasteiger partial charge in [-0.05, 0) is 48.2 Å². The number of amides is 3. The predicted molar refractivity (Wildman–Crippen MR) is 144 cm³/mol. The van der Waals surface area contributed by atoms with Gasteiger partial charge in [-0.25, -0.2) is 8.78 Å². The molecule has 3 heterocycles. The fourth-order valence-electron chi connectivity index (χ4n) is 5.67. The molecule has 1 unspecified atom stereocenters. The van der Waals surface area contributed by atoms with E-state index < -0.39 is 40.9 Å². The molecule has 39 heavy (non-hydrogen) atoms. The first-order chi connectivity index (χ1) is 18.4. The first-order valence-corrected chi connectivity index (χ1v) is 13.3. The SMILES string of the molecule is CC(C)C[C@@H](C(=O)N1C[C@]2(CC1C#N)C(=O)Nc1ccc(Br)cc12)N(C)C(=O)c1cc2c(F)cc(F)cc2[nH]1. The van der Waals surface area contributed by atoms with Gasteiger partial charge in [0.2, 0.25) is 11.8 Å². The van der Waals surface area contributed by atoms with Gasteiger partial charge in [0.05, 0.1) is 17.0 Å². The molecule has 202 valence electrons. The Kier molecular flexibility index (Phi) is 6.71. The molecule has 2 aliphatic heterocycles. The van der Waals surface area contributed by atoms with Gasteiger partial charge in [-0.3, -0.25) is 14.4 Å². The molecule has 0 bridgehead atoms. The highest BCUT2D eigenvalue weighted by atomic mass is 79.9. The monoisotopic (exact) mass is 597 g/mol. The zero-order valence-corrected chi connectivity index (χ0v) is 23.1. The maximum atomic E-state index is 14.3. The van der Waals surface area contributed by atoms with Crippen LogP contribution < -0.4 is 5.32 Å². The molecule has 11 heteroatoms. The summed E-state index contributed by atoms with van der Waals surface area (Å²) in [6.07, 6.45) is 0.420. The summed E-state index contributed by atoms with van der Waals surface area (Å²) >= 11 is 3.44. The van der Waals surface area contributed by atoms with Gasteiger partial charge >= 0.3 is 0 Å². The van der Waals surface area contributed by atoms with E-state index in [4.69, 9.17) is 0 Å². The number of hydrogen-bond donors (Lipinski definition) is 2. The summed E-state index contributed by atoms with van der Waals surface area (Å²) in [6, 6.07) is 8.88. The minimum atomic E-state index is -1.08. The number of likely N-dealkylation sites (N-methyl/N-ethyl adjacent to an activating group) is 1. The molecule has 8 nitrogen and oxygen atoms in total. The van der Waals surface area contributed by atoms with Crippen LogP contribution in [0.2, 0.25) is 0 Å². The molecule has 0 aliphatic carbocycles. The lowest BCUT2D eigenvalue weighted by Gasteiger charge is -2.33. The molecule has 5 rings (SSSR count). The summed E-state index contributed by atoms with van der Waals surface area (Å²) in [5.74, 6) is -2.89. The summed E-state index contributed by atoms with van der Waals surface area (Å²) in [7, 11) is 1.47. The van der Waals surface area contributed by atoms with Crippen molar-refractivity contribution in [2.75, 3.05) is 18.9 Å². The van der Waals surface area contributed by atoms with E-state index in [1.54, 1.807) is 12.1 Å². The number of carbonyl (C=O) groups excluding carboxylic acids is 3.